The summed E-state index contributed by atoms with van der Waals surface area (Å²) in [5, 5.41) is 13.4. The number of terminal acetylenes is 1. The Morgan fingerprint density at radius 3 is 2.86 bits per heavy atom. The predicted octanol–water partition coefficient (Wildman–Crippen LogP) is 1.95. The first kappa shape index (κ1) is 10.1. The maximum absolute atomic E-state index is 10.5. The van der Waals surface area contributed by atoms with Gasteiger partial charge in [-0.3, -0.25) is 10.1 Å². The van der Waals surface area contributed by atoms with Gasteiger partial charge < -0.3 is 5.32 Å². The first-order chi connectivity index (χ1) is 6.63. The normalized spacial score (nSPS) is 9.14. The highest BCUT2D eigenvalue weighted by Crippen LogP contribution is 2.19. The summed E-state index contributed by atoms with van der Waals surface area (Å²) in [5.74, 6) is 2.40. The van der Waals surface area contributed by atoms with Gasteiger partial charge in [0.15, 0.2) is 0 Å². The number of hydrogen-bond donors (Lipinski definition) is 1. The van der Waals surface area contributed by atoms with Crippen LogP contribution >= 0.6 is 0 Å². The van der Waals surface area contributed by atoms with Crippen LogP contribution in [0.1, 0.15) is 5.56 Å². The highest BCUT2D eigenvalue weighted by atomic mass is 16.6. The van der Waals surface area contributed by atoms with E-state index in [0.717, 1.165) is 5.56 Å². The van der Waals surface area contributed by atoms with Gasteiger partial charge in [0.2, 0.25) is 0 Å². The van der Waals surface area contributed by atoms with Crippen molar-refractivity contribution >= 4 is 11.4 Å². The molecule has 0 aliphatic rings. The van der Waals surface area contributed by atoms with E-state index in [1.54, 1.807) is 6.92 Å². The molecule has 0 bridgehead atoms. The summed E-state index contributed by atoms with van der Waals surface area (Å²) in [6.45, 7) is 2.16. The third-order valence-electron chi connectivity index (χ3n) is 1.67. The van der Waals surface area contributed by atoms with Crippen LogP contribution in [0.4, 0.5) is 11.4 Å². The lowest BCUT2D eigenvalue weighted by molar-refractivity contribution is -0.384. The van der Waals surface area contributed by atoms with Crippen molar-refractivity contribution < 1.29 is 4.92 Å². The van der Waals surface area contributed by atoms with Crippen molar-refractivity contribution in [3.8, 4) is 12.3 Å². The third kappa shape index (κ3) is 2.49. The molecule has 0 aliphatic heterocycles. The average molecular weight is 190 g/mol. The molecule has 4 heteroatoms. The predicted molar refractivity (Wildman–Crippen MR) is 55.2 cm³/mol. The summed E-state index contributed by atoms with van der Waals surface area (Å²) >= 11 is 0. The van der Waals surface area contributed by atoms with E-state index in [2.05, 4.69) is 11.2 Å². The summed E-state index contributed by atoms with van der Waals surface area (Å²) in [6.07, 6.45) is 5.07. The number of non-ortho nitro benzene ring substituents is 1. The number of nitrogens with zero attached hydrogens (tertiary/aromatic N) is 1. The zero-order chi connectivity index (χ0) is 10.6. The number of benzene rings is 1. The van der Waals surface area contributed by atoms with Crippen molar-refractivity contribution in [3.63, 3.8) is 0 Å². The number of rotatable bonds is 3. The molecule has 1 N–H and O–H groups in total. The monoisotopic (exact) mass is 190 g/mol. The van der Waals surface area contributed by atoms with E-state index in [4.69, 9.17) is 6.42 Å². The second-order valence-corrected chi connectivity index (χ2v) is 2.87. The summed E-state index contributed by atoms with van der Waals surface area (Å²) in [6, 6.07) is 4.79. The Hall–Kier alpha value is -2.02. The van der Waals surface area contributed by atoms with Crippen LogP contribution in [0.15, 0.2) is 18.2 Å². The molecule has 1 rings (SSSR count). The minimum atomic E-state index is -0.423. The van der Waals surface area contributed by atoms with Crippen LogP contribution in [0.5, 0.6) is 0 Å². The topological polar surface area (TPSA) is 55.2 Å². The van der Waals surface area contributed by atoms with Crippen LogP contribution in [0.25, 0.3) is 0 Å². The Morgan fingerprint density at radius 1 is 1.57 bits per heavy atom. The molecule has 1 aromatic carbocycles. The third-order valence-corrected chi connectivity index (χ3v) is 1.67. The number of nitro benzene ring substituents is 1. The van der Waals surface area contributed by atoms with Crippen molar-refractivity contribution in [2.75, 3.05) is 11.9 Å². The lowest BCUT2D eigenvalue weighted by atomic mass is 10.2. The lowest BCUT2D eigenvalue weighted by Gasteiger charge is -2.03. The molecule has 0 aliphatic carbocycles. The molecule has 0 radical (unpaired) electrons. The maximum Gasteiger partial charge on any atom is 0.271 e. The van der Waals surface area contributed by atoms with Crippen molar-refractivity contribution in [1.82, 2.24) is 0 Å². The molecule has 4 nitrogen and oxygen atoms in total. The van der Waals surface area contributed by atoms with Crippen molar-refractivity contribution in [2.24, 2.45) is 0 Å². The molecule has 0 atom stereocenters. The Balaban J connectivity index is 2.96. The molecular weight excluding hydrogens is 180 g/mol. The molecule has 0 spiro atoms. The second kappa shape index (κ2) is 4.28. The largest absolute Gasteiger partial charge is 0.374 e. The van der Waals surface area contributed by atoms with Gasteiger partial charge in [0.25, 0.3) is 5.69 Å². The first-order valence-electron chi connectivity index (χ1n) is 4.07. The molecule has 14 heavy (non-hydrogen) atoms. The van der Waals surface area contributed by atoms with E-state index in [9.17, 15) is 10.1 Å². The first-order valence-corrected chi connectivity index (χ1v) is 4.07. The standard InChI is InChI=1S/C10H10N2O2/c1-3-4-11-9-5-8(2)6-10(7-9)12(13)14/h1,5-7,11H,4H2,2H3. The summed E-state index contributed by atoms with van der Waals surface area (Å²) in [5.41, 5.74) is 1.58. The SMILES string of the molecule is C#CCNc1cc(C)cc([N+](=O)[O-])c1. The Labute approximate surface area is 82.1 Å². The lowest BCUT2D eigenvalue weighted by Crippen LogP contribution is -1.99. The fourth-order valence-electron chi connectivity index (χ4n) is 1.12. The number of nitrogens with one attached hydrogen (secondary N) is 1. The van der Waals surface area contributed by atoms with Gasteiger partial charge >= 0.3 is 0 Å². The summed E-state index contributed by atoms with van der Waals surface area (Å²) < 4.78 is 0. The number of hydrogen-bond acceptors (Lipinski definition) is 3. The molecule has 0 amide bonds. The fourth-order valence-corrected chi connectivity index (χ4v) is 1.12. The second-order valence-electron chi connectivity index (χ2n) is 2.87. The van der Waals surface area contributed by atoms with Crippen LogP contribution in [0.2, 0.25) is 0 Å². The van der Waals surface area contributed by atoms with Crippen LogP contribution in [0, 0.1) is 29.4 Å². The molecule has 0 aromatic heterocycles. The molecule has 0 saturated heterocycles. The van der Waals surface area contributed by atoms with Gasteiger partial charge in [0, 0.05) is 17.8 Å². The van der Waals surface area contributed by atoms with Crippen molar-refractivity contribution in [1.29, 1.82) is 0 Å². The quantitative estimate of drug-likeness (QED) is 0.450. The number of anilines is 1. The minimum absolute atomic E-state index is 0.0736. The highest BCUT2D eigenvalue weighted by Gasteiger charge is 2.06. The van der Waals surface area contributed by atoms with Crippen molar-refractivity contribution in [3.05, 3.63) is 33.9 Å². The molecule has 0 heterocycles. The number of nitro groups is 1. The zero-order valence-electron chi connectivity index (χ0n) is 7.78. The molecular formula is C10H10N2O2. The van der Waals surface area contributed by atoms with Crippen LogP contribution in [-0.2, 0) is 0 Å². The Kier molecular flexibility index (Phi) is 3.08. The van der Waals surface area contributed by atoms with Crippen LogP contribution in [-0.4, -0.2) is 11.5 Å². The van der Waals surface area contributed by atoms with Gasteiger partial charge in [0.1, 0.15) is 0 Å². The fraction of sp³-hybridized carbons (Fsp3) is 0.200. The van der Waals surface area contributed by atoms with E-state index in [-0.39, 0.29) is 5.69 Å². The van der Waals surface area contributed by atoms with Gasteiger partial charge in [-0.1, -0.05) is 5.92 Å². The zero-order valence-corrected chi connectivity index (χ0v) is 7.78. The molecule has 0 fully saturated rings. The van der Waals surface area contributed by atoms with E-state index in [1.807, 2.05) is 6.07 Å². The summed E-state index contributed by atoms with van der Waals surface area (Å²) in [7, 11) is 0. The smallest absolute Gasteiger partial charge is 0.271 e. The van der Waals surface area contributed by atoms with Gasteiger partial charge in [-0.2, -0.15) is 0 Å². The molecule has 1 aromatic rings. The molecule has 72 valence electrons. The van der Waals surface area contributed by atoms with Crippen LogP contribution in [0.3, 0.4) is 0 Å². The van der Waals surface area contributed by atoms with E-state index < -0.39 is 4.92 Å². The van der Waals surface area contributed by atoms with Crippen LogP contribution < -0.4 is 5.32 Å². The highest BCUT2D eigenvalue weighted by molar-refractivity contribution is 5.54. The van der Waals surface area contributed by atoms with Crippen molar-refractivity contribution in [2.45, 2.75) is 6.92 Å². The molecule has 0 saturated carbocycles. The Morgan fingerprint density at radius 2 is 2.29 bits per heavy atom. The summed E-state index contributed by atoms with van der Waals surface area (Å²) in [4.78, 5) is 10.1. The maximum atomic E-state index is 10.5. The van der Waals surface area contributed by atoms with Gasteiger partial charge in [-0.25, -0.2) is 0 Å². The van der Waals surface area contributed by atoms with Gasteiger partial charge in [-0.15, -0.1) is 6.42 Å². The average Bonchev–Trinajstić information content (AvgIpc) is 2.14. The number of aryl methyl sites for hydroxylation is 1. The molecule has 0 unspecified atom stereocenters. The van der Waals surface area contributed by atoms with Gasteiger partial charge in [-0.05, 0) is 18.6 Å². The van der Waals surface area contributed by atoms with E-state index in [1.165, 1.54) is 12.1 Å². The van der Waals surface area contributed by atoms with Gasteiger partial charge in [0.05, 0.1) is 11.5 Å². The Bertz CT molecular complexity index is 394. The minimum Gasteiger partial charge on any atom is -0.374 e. The van der Waals surface area contributed by atoms with E-state index in [0.29, 0.717) is 12.2 Å². The van der Waals surface area contributed by atoms with E-state index >= 15 is 0 Å².